The largest absolute Gasteiger partial charge is 0.481 e. The highest BCUT2D eigenvalue weighted by atomic mass is 16.4. The molecule has 17 heavy (non-hydrogen) atoms. The molecule has 1 amide bonds. The quantitative estimate of drug-likeness (QED) is 0.806. The summed E-state index contributed by atoms with van der Waals surface area (Å²) >= 11 is 0. The van der Waals surface area contributed by atoms with Crippen LogP contribution in [0.15, 0.2) is 0 Å². The maximum atomic E-state index is 12.2. The summed E-state index contributed by atoms with van der Waals surface area (Å²) in [6.07, 6.45) is 5.20. The summed E-state index contributed by atoms with van der Waals surface area (Å²) in [5, 5.41) is 9.00. The van der Waals surface area contributed by atoms with Crippen LogP contribution in [0, 0.1) is 23.7 Å². The van der Waals surface area contributed by atoms with E-state index in [-0.39, 0.29) is 17.7 Å². The predicted octanol–water partition coefficient (Wildman–Crippen LogP) is 1.36. The van der Waals surface area contributed by atoms with Gasteiger partial charge in [0.05, 0.1) is 5.92 Å². The first-order valence-corrected chi connectivity index (χ1v) is 6.68. The van der Waals surface area contributed by atoms with Crippen molar-refractivity contribution in [3.05, 3.63) is 0 Å². The molecule has 1 N–H and O–H groups in total. The molecule has 2 unspecified atom stereocenters. The van der Waals surface area contributed by atoms with Crippen molar-refractivity contribution in [2.24, 2.45) is 23.7 Å². The van der Waals surface area contributed by atoms with Gasteiger partial charge in [-0.25, -0.2) is 0 Å². The number of hydrogen-bond donors (Lipinski definition) is 1. The molecule has 0 spiro atoms. The fourth-order valence-electron chi connectivity index (χ4n) is 3.16. The van der Waals surface area contributed by atoms with E-state index in [2.05, 4.69) is 0 Å². The number of carbonyl (C=O) groups is 2. The summed E-state index contributed by atoms with van der Waals surface area (Å²) in [6, 6.07) is 0. The van der Waals surface area contributed by atoms with E-state index in [4.69, 9.17) is 5.11 Å². The van der Waals surface area contributed by atoms with E-state index < -0.39 is 5.97 Å². The molecule has 3 rings (SSSR count). The number of carboxylic acids is 1. The van der Waals surface area contributed by atoms with Crippen molar-refractivity contribution in [2.45, 2.75) is 32.1 Å². The van der Waals surface area contributed by atoms with Gasteiger partial charge in [0.2, 0.25) is 5.91 Å². The van der Waals surface area contributed by atoms with Gasteiger partial charge in [-0.05, 0) is 43.9 Å². The van der Waals surface area contributed by atoms with Crippen molar-refractivity contribution in [1.82, 2.24) is 4.90 Å². The number of nitrogens with zero attached hydrogens (tertiary/aromatic N) is 1. The lowest BCUT2D eigenvalue weighted by Gasteiger charge is -2.31. The van der Waals surface area contributed by atoms with Gasteiger partial charge in [0, 0.05) is 19.0 Å². The van der Waals surface area contributed by atoms with Gasteiger partial charge in [-0.15, -0.1) is 0 Å². The Morgan fingerprint density at radius 2 is 1.94 bits per heavy atom. The van der Waals surface area contributed by atoms with E-state index in [1.54, 1.807) is 4.90 Å². The Kier molecular flexibility index (Phi) is 2.60. The Hall–Kier alpha value is -1.06. The van der Waals surface area contributed by atoms with E-state index in [0.29, 0.717) is 12.5 Å². The van der Waals surface area contributed by atoms with Crippen molar-refractivity contribution >= 4 is 11.9 Å². The molecule has 1 heterocycles. The molecule has 1 saturated heterocycles. The molecule has 94 valence electrons. The molecule has 0 radical (unpaired) electrons. The lowest BCUT2D eigenvalue weighted by atomic mass is 9.98. The number of aliphatic carboxylic acids is 1. The third kappa shape index (κ3) is 2.17. The van der Waals surface area contributed by atoms with Crippen LogP contribution >= 0.6 is 0 Å². The average molecular weight is 237 g/mol. The van der Waals surface area contributed by atoms with Gasteiger partial charge in [-0.1, -0.05) is 0 Å². The first kappa shape index (κ1) is 11.1. The van der Waals surface area contributed by atoms with Crippen LogP contribution in [-0.4, -0.2) is 35.0 Å². The van der Waals surface area contributed by atoms with Gasteiger partial charge in [-0.2, -0.15) is 0 Å². The number of amides is 1. The Labute approximate surface area is 101 Å². The first-order chi connectivity index (χ1) is 8.16. The van der Waals surface area contributed by atoms with Gasteiger partial charge in [0.15, 0.2) is 0 Å². The van der Waals surface area contributed by atoms with E-state index >= 15 is 0 Å². The second-order valence-corrected chi connectivity index (χ2v) is 5.81. The molecule has 1 aliphatic heterocycles. The number of piperidine rings is 1. The zero-order valence-electron chi connectivity index (χ0n) is 9.97. The van der Waals surface area contributed by atoms with Gasteiger partial charge in [0.1, 0.15) is 0 Å². The normalized spacial score (nSPS) is 36.7. The van der Waals surface area contributed by atoms with Crippen LogP contribution in [0.5, 0.6) is 0 Å². The molecule has 3 aliphatic rings. The molecular weight excluding hydrogens is 218 g/mol. The van der Waals surface area contributed by atoms with Crippen molar-refractivity contribution < 1.29 is 14.7 Å². The fraction of sp³-hybridized carbons (Fsp3) is 0.846. The van der Waals surface area contributed by atoms with Crippen molar-refractivity contribution in [3.8, 4) is 0 Å². The zero-order chi connectivity index (χ0) is 12.0. The second-order valence-electron chi connectivity index (χ2n) is 5.81. The SMILES string of the molecule is O=C(O)[C@H]1CCCN(C(=O)C2CC2C2CC2)C1. The van der Waals surface area contributed by atoms with Gasteiger partial charge < -0.3 is 10.0 Å². The third-order valence-electron chi connectivity index (χ3n) is 4.47. The lowest BCUT2D eigenvalue weighted by molar-refractivity contribution is -0.146. The molecule has 4 heteroatoms. The van der Waals surface area contributed by atoms with Crippen molar-refractivity contribution in [3.63, 3.8) is 0 Å². The van der Waals surface area contributed by atoms with Crippen molar-refractivity contribution in [2.75, 3.05) is 13.1 Å². The van der Waals surface area contributed by atoms with E-state index in [1.807, 2.05) is 0 Å². The van der Waals surface area contributed by atoms with Crippen LogP contribution in [0.2, 0.25) is 0 Å². The molecule has 3 fully saturated rings. The van der Waals surface area contributed by atoms with Crippen LogP contribution in [-0.2, 0) is 9.59 Å². The Morgan fingerprint density at radius 1 is 1.18 bits per heavy atom. The van der Waals surface area contributed by atoms with Crippen LogP contribution < -0.4 is 0 Å². The fourth-order valence-corrected chi connectivity index (χ4v) is 3.16. The summed E-state index contributed by atoms with van der Waals surface area (Å²) in [5.41, 5.74) is 0. The summed E-state index contributed by atoms with van der Waals surface area (Å²) in [6.45, 7) is 1.19. The second kappa shape index (κ2) is 4.00. The van der Waals surface area contributed by atoms with Crippen LogP contribution in [0.1, 0.15) is 32.1 Å². The Balaban J connectivity index is 1.56. The van der Waals surface area contributed by atoms with Gasteiger partial charge in [-0.3, -0.25) is 9.59 Å². The number of rotatable bonds is 3. The molecule has 0 aromatic carbocycles. The number of carbonyl (C=O) groups excluding carboxylic acids is 1. The van der Waals surface area contributed by atoms with E-state index in [9.17, 15) is 9.59 Å². The smallest absolute Gasteiger partial charge is 0.308 e. The first-order valence-electron chi connectivity index (χ1n) is 6.68. The Morgan fingerprint density at radius 3 is 2.59 bits per heavy atom. The minimum Gasteiger partial charge on any atom is -0.481 e. The lowest BCUT2D eigenvalue weighted by Crippen LogP contribution is -2.43. The molecule has 2 saturated carbocycles. The topological polar surface area (TPSA) is 57.6 Å². The molecule has 2 aliphatic carbocycles. The van der Waals surface area contributed by atoms with Crippen LogP contribution in [0.4, 0.5) is 0 Å². The number of hydrogen-bond acceptors (Lipinski definition) is 2. The molecule has 4 nitrogen and oxygen atoms in total. The highest BCUT2D eigenvalue weighted by Crippen LogP contribution is 2.55. The summed E-state index contributed by atoms with van der Waals surface area (Å²) < 4.78 is 0. The molecule has 0 aromatic heterocycles. The van der Waals surface area contributed by atoms with Gasteiger partial charge >= 0.3 is 5.97 Å². The third-order valence-corrected chi connectivity index (χ3v) is 4.47. The summed E-state index contributed by atoms with van der Waals surface area (Å²) in [4.78, 5) is 25.0. The minimum absolute atomic E-state index is 0.229. The molecule has 0 bridgehead atoms. The molecule has 3 atom stereocenters. The van der Waals surface area contributed by atoms with Crippen molar-refractivity contribution in [1.29, 1.82) is 0 Å². The van der Waals surface area contributed by atoms with E-state index in [1.165, 1.54) is 12.8 Å². The van der Waals surface area contributed by atoms with Crippen LogP contribution in [0.3, 0.4) is 0 Å². The zero-order valence-corrected chi connectivity index (χ0v) is 9.97. The average Bonchev–Trinajstić information content (AvgIpc) is 3.16. The maximum Gasteiger partial charge on any atom is 0.308 e. The predicted molar refractivity (Wildman–Crippen MR) is 61.3 cm³/mol. The monoisotopic (exact) mass is 237 g/mol. The number of carboxylic acid groups (broad SMARTS) is 1. The Bertz CT molecular complexity index is 351. The van der Waals surface area contributed by atoms with Gasteiger partial charge in [0.25, 0.3) is 0 Å². The summed E-state index contributed by atoms with van der Waals surface area (Å²) in [7, 11) is 0. The number of likely N-dealkylation sites (tertiary alicyclic amines) is 1. The van der Waals surface area contributed by atoms with E-state index in [0.717, 1.165) is 31.7 Å². The maximum absolute atomic E-state index is 12.2. The molecular formula is C13H19NO3. The highest BCUT2D eigenvalue weighted by Gasteiger charge is 2.52. The van der Waals surface area contributed by atoms with Crippen LogP contribution in [0.25, 0.3) is 0 Å². The molecule has 0 aromatic rings. The minimum atomic E-state index is -0.753. The summed E-state index contributed by atoms with van der Waals surface area (Å²) in [5.74, 6) is 0.808. The standard InChI is InChI=1S/C13H19NO3/c15-12(11-6-10(11)8-3-4-8)14-5-1-2-9(7-14)13(16)17/h8-11H,1-7H2,(H,16,17)/t9-,10?,11?/m0/s1. The highest BCUT2D eigenvalue weighted by molar-refractivity contribution is 5.82.